The van der Waals surface area contributed by atoms with Crippen molar-refractivity contribution in [3.63, 3.8) is 0 Å². The Morgan fingerprint density at radius 3 is 2.83 bits per heavy atom. The van der Waals surface area contributed by atoms with Crippen molar-refractivity contribution in [1.29, 1.82) is 0 Å². The molecule has 0 bridgehead atoms. The van der Waals surface area contributed by atoms with Crippen molar-refractivity contribution in [2.75, 3.05) is 22.6 Å². The van der Waals surface area contributed by atoms with Crippen molar-refractivity contribution in [2.45, 2.75) is 33.1 Å². The molecule has 3 nitrogen and oxygen atoms in total. The third-order valence-corrected chi connectivity index (χ3v) is 3.74. The number of hydrogen-bond donors (Lipinski definition) is 2. The van der Waals surface area contributed by atoms with E-state index in [9.17, 15) is 4.79 Å². The van der Waals surface area contributed by atoms with Gasteiger partial charge in [-0.25, -0.2) is 0 Å². The lowest BCUT2D eigenvalue weighted by atomic mass is 10.1. The number of aryl methyl sites for hydroxylation is 1. The van der Waals surface area contributed by atoms with Gasteiger partial charge >= 0.3 is 0 Å². The van der Waals surface area contributed by atoms with Crippen molar-refractivity contribution in [3.05, 3.63) is 23.8 Å². The summed E-state index contributed by atoms with van der Waals surface area (Å²) in [6.07, 6.45) is 3.63. The van der Waals surface area contributed by atoms with Crippen LogP contribution in [0.3, 0.4) is 0 Å². The van der Waals surface area contributed by atoms with Crippen LogP contribution in [0.4, 0.5) is 11.4 Å². The minimum absolute atomic E-state index is 0.0255. The summed E-state index contributed by atoms with van der Waals surface area (Å²) in [4.78, 5) is 11.8. The van der Waals surface area contributed by atoms with Gasteiger partial charge in [0.2, 0.25) is 5.91 Å². The first-order valence-electron chi connectivity index (χ1n) is 6.37. The summed E-state index contributed by atoms with van der Waals surface area (Å²) in [7, 11) is 0. The molecule has 0 aliphatic carbocycles. The van der Waals surface area contributed by atoms with Crippen LogP contribution in [0.15, 0.2) is 18.2 Å². The van der Waals surface area contributed by atoms with Crippen LogP contribution in [0.2, 0.25) is 0 Å². The average Bonchev–Trinajstić information content (AvgIpc) is 2.34. The van der Waals surface area contributed by atoms with Gasteiger partial charge in [-0.15, -0.1) is 0 Å². The first kappa shape index (κ1) is 14.9. The Balaban J connectivity index is 2.36. The van der Waals surface area contributed by atoms with Gasteiger partial charge in [0.25, 0.3) is 0 Å². The number of unbranched alkanes of at least 4 members (excludes halogenated alkanes) is 2. The highest BCUT2D eigenvalue weighted by Gasteiger charge is 2.07. The number of rotatable bonds is 7. The molecule has 0 atom stereocenters. The average molecular weight is 266 g/mol. The van der Waals surface area contributed by atoms with Crippen LogP contribution in [0.25, 0.3) is 0 Å². The van der Waals surface area contributed by atoms with E-state index in [1.165, 1.54) is 19.3 Å². The van der Waals surface area contributed by atoms with Gasteiger partial charge < -0.3 is 11.1 Å². The van der Waals surface area contributed by atoms with Gasteiger partial charge in [-0.1, -0.05) is 31.9 Å². The molecule has 0 radical (unpaired) electrons. The number of nitrogen functional groups attached to an aromatic ring is 1. The molecule has 0 aliphatic heterocycles. The topological polar surface area (TPSA) is 55.1 Å². The first-order chi connectivity index (χ1) is 8.65. The number of hydrogen-bond acceptors (Lipinski definition) is 3. The molecule has 0 saturated carbocycles. The number of anilines is 2. The molecule has 1 rings (SSSR count). The number of nitrogens with two attached hydrogens (primary N) is 1. The minimum Gasteiger partial charge on any atom is -0.397 e. The quantitative estimate of drug-likeness (QED) is 0.587. The van der Waals surface area contributed by atoms with Gasteiger partial charge in [-0.3, -0.25) is 4.79 Å². The van der Waals surface area contributed by atoms with Crippen LogP contribution >= 0.6 is 11.8 Å². The van der Waals surface area contributed by atoms with Crippen molar-refractivity contribution in [1.82, 2.24) is 0 Å². The molecule has 1 aromatic rings. The smallest absolute Gasteiger partial charge is 0.234 e. The zero-order chi connectivity index (χ0) is 13.4. The van der Waals surface area contributed by atoms with Crippen LogP contribution in [0.5, 0.6) is 0 Å². The maximum absolute atomic E-state index is 11.8. The highest BCUT2D eigenvalue weighted by molar-refractivity contribution is 7.99. The normalized spacial score (nSPS) is 10.3. The molecule has 18 heavy (non-hydrogen) atoms. The molecule has 3 N–H and O–H groups in total. The lowest BCUT2D eigenvalue weighted by Crippen LogP contribution is -2.16. The lowest BCUT2D eigenvalue weighted by molar-refractivity contribution is -0.113. The Bertz CT molecular complexity index is 373. The third-order valence-electron chi connectivity index (χ3n) is 2.69. The maximum Gasteiger partial charge on any atom is 0.234 e. The second-order valence-electron chi connectivity index (χ2n) is 4.35. The first-order valence-corrected chi connectivity index (χ1v) is 7.53. The molecule has 0 fully saturated rings. The van der Waals surface area contributed by atoms with Gasteiger partial charge in [-0.2, -0.15) is 11.8 Å². The van der Waals surface area contributed by atoms with E-state index < -0.39 is 0 Å². The predicted octanol–water partition coefficient (Wildman–Crippen LogP) is 3.44. The molecule has 0 spiro atoms. The summed E-state index contributed by atoms with van der Waals surface area (Å²) in [6, 6.07) is 5.64. The van der Waals surface area contributed by atoms with E-state index in [2.05, 4.69) is 12.2 Å². The largest absolute Gasteiger partial charge is 0.397 e. The van der Waals surface area contributed by atoms with Crippen LogP contribution in [-0.4, -0.2) is 17.4 Å². The number of carbonyl (C=O) groups is 1. The highest BCUT2D eigenvalue weighted by Crippen LogP contribution is 2.22. The Kier molecular flexibility index (Phi) is 6.65. The van der Waals surface area contributed by atoms with E-state index >= 15 is 0 Å². The number of thioether (sulfide) groups is 1. The minimum atomic E-state index is 0.0255. The lowest BCUT2D eigenvalue weighted by Gasteiger charge is -2.10. The Labute approximate surface area is 114 Å². The Morgan fingerprint density at radius 2 is 2.17 bits per heavy atom. The summed E-state index contributed by atoms with van der Waals surface area (Å²) in [6.45, 7) is 4.12. The summed E-state index contributed by atoms with van der Waals surface area (Å²) in [5.41, 5.74) is 8.21. The number of carbonyl (C=O) groups excluding carboxylic acids is 1. The zero-order valence-corrected chi connectivity index (χ0v) is 12.0. The highest BCUT2D eigenvalue weighted by atomic mass is 32.2. The molecule has 0 aliphatic rings. The van der Waals surface area contributed by atoms with Gasteiger partial charge in [0.05, 0.1) is 17.1 Å². The number of amides is 1. The fourth-order valence-corrected chi connectivity index (χ4v) is 2.47. The third kappa shape index (κ3) is 5.00. The molecule has 0 saturated heterocycles. The van der Waals surface area contributed by atoms with Gasteiger partial charge in [-0.05, 0) is 30.7 Å². The maximum atomic E-state index is 11.8. The van der Waals surface area contributed by atoms with Crippen LogP contribution in [0.1, 0.15) is 31.7 Å². The van der Waals surface area contributed by atoms with E-state index in [1.807, 2.05) is 19.1 Å². The fourth-order valence-electron chi connectivity index (χ4n) is 1.66. The number of nitrogens with one attached hydrogen (secondary N) is 1. The van der Waals surface area contributed by atoms with Crippen LogP contribution in [-0.2, 0) is 4.79 Å². The van der Waals surface area contributed by atoms with Crippen LogP contribution < -0.4 is 11.1 Å². The number of benzene rings is 1. The summed E-state index contributed by atoms with van der Waals surface area (Å²) in [5, 5.41) is 2.88. The molecule has 0 unspecified atom stereocenters. The molecular formula is C14H22N2OS. The monoisotopic (exact) mass is 266 g/mol. The molecule has 1 aromatic carbocycles. The Hall–Kier alpha value is -1.16. The fraction of sp³-hybridized carbons (Fsp3) is 0.500. The van der Waals surface area contributed by atoms with Crippen molar-refractivity contribution < 1.29 is 4.79 Å². The van der Waals surface area contributed by atoms with E-state index in [-0.39, 0.29) is 5.91 Å². The molecule has 0 heterocycles. The van der Waals surface area contributed by atoms with Crippen LogP contribution in [0, 0.1) is 6.92 Å². The second kappa shape index (κ2) is 8.03. The van der Waals surface area contributed by atoms with E-state index in [0.29, 0.717) is 11.4 Å². The van der Waals surface area contributed by atoms with E-state index in [4.69, 9.17) is 5.73 Å². The second-order valence-corrected chi connectivity index (χ2v) is 5.45. The number of para-hydroxylation sites is 1. The summed E-state index contributed by atoms with van der Waals surface area (Å²) < 4.78 is 0. The van der Waals surface area contributed by atoms with E-state index in [1.54, 1.807) is 17.8 Å². The van der Waals surface area contributed by atoms with Gasteiger partial charge in [0.1, 0.15) is 0 Å². The van der Waals surface area contributed by atoms with Crippen molar-refractivity contribution in [2.24, 2.45) is 0 Å². The van der Waals surface area contributed by atoms with Crippen molar-refractivity contribution in [3.8, 4) is 0 Å². The van der Waals surface area contributed by atoms with Crippen molar-refractivity contribution >= 4 is 29.0 Å². The summed E-state index contributed by atoms with van der Waals surface area (Å²) in [5.74, 6) is 1.57. The zero-order valence-electron chi connectivity index (χ0n) is 11.2. The van der Waals surface area contributed by atoms with Gasteiger partial charge in [0, 0.05) is 0 Å². The molecule has 4 heteroatoms. The molecular weight excluding hydrogens is 244 g/mol. The summed E-state index contributed by atoms with van der Waals surface area (Å²) >= 11 is 1.68. The molecule has 0 aromatic heterocycles. The Morgan fingerprint density at radius 1 is 1.39 bits per heavy atom. The standard InChI is InChI=1S/C14H22N2OS/c1-3-4-5-9-18-10-13(17)16-14-11(2)7-6-8-12(14)15/h6-8H,3-5,9-10,15H2,1-2H3,(H,16,17). The SMILES string of the molecule is CCCCCSCC(=O)Nc1c(C)cccc1N. The van der Waals surface area contributed by atoms with E-state index in [0.717, 1.165) is 17.0 Å². The molecule has 1 amide bonds. The predicted molar refractivity (Wildman–Crippen MR) is 81.1 cm³/mol. The molecule has 100 valence electrons. The van der Waals surface area contributed by atoms with Gasteiger partial charge in [0.15, 0.2) is 0 Å².